The third-order valence-electron chi connectivity index (χ3n) is 6.51. The molecule has 0 unspecified atom stereocenters. The molecule has 192 valence electrons. The van der Waals surface area contributed by atoms with E-state index in [1.807, 2.05) is 30.3 Å². The molecule has 2 aromatic carbocycles. The number of methoxy groups -OCH3 is 1. The molecular formula is C25H27F6NO3. The Kier molecular flexibility index (Phi) is 7.57. The second-order valence-electron chi connectivity index (χ2n) is 9.23. The van der Waals surface area contributed by atoms with E-state index in [1.54, 1.807) is 0 Å². The number of esters is 1. The van der Waals surface area contributed by atoms with Gasteiger partial charge in [0.15, 0.2) is 0 Å². The molecular weight excluding hydrogens is 476 g/mol. The average Bonchev–Trinajstić information content (AvgIpc) is 2.78. The summed E-state index contributed by atoms with van der Waals surface area (Å²) < 4.78 is 90.0. The Labute approximate surface area is 199 Å². The number of nitrogens with two attached hydrogens (primary N) is 1. The van der Waals surface area contributed by atoms with Gasteiger partial charge in [-0.05, 0) is 55.5 Å². The fourth-order valence-corrected chi connectivity index (χ4v) is 4.70. The molecule has 4 nitrogen and oxygen atoms in total. The first kappa shape index (κ1) is 27.0. The molecule has 0 bridgehead atoms. The van der Waals surface area contributed by atoms with Crippen molar-refractivity contribution in [3.05, 3.63) is 70.8 Å². The molecule has 0 aromatic heterocycles. The van der Waals surface area contributed by atoms with E-state index in [-0.39, 0.29) is 30.6 Å². The van der Waals surface area contributed by atoms with Crippen LogP contribution in [0.15, 0.2) is 48.5 Å². The Hall–Kier alpha value is -2.59. The topological polar surface area (TPSA) is 61.5 Å². The minimum absolute atomic E-state index is 0.0347. The predicted octanol–water partition coefficient (Wildman–Crippen LogP) is 6.18. The van der Waals surface area contributed by atoms with E-state index >= 15 is 0 Å². The van der Waals surface area contributed by atoms with Crippen LogP contribution in [0.1, 0.15) is 61.0 Å². The van der Waals surface area contributed by atoms with Crippen LogP contribution in [0.4, 0.5) is 26.3 Å². The predicted molar refractivity (Wildman–Crippen MR) is 116 cm³/mol. The van der Waals surface area contributed by atoms with Crippen molar-refractivity contribution in [2.75, 3.05) is 13.7 Å². The van der Waals surface area contributed by atoms with Gasteiger partial charge in [0.1, 0.15) is 0 Å². The van der Waals surface area contributed by atoms with Gasteiger partial charge in [-0.2, -0.15) is 26.3 Å². The van der Waals surface area contributed by atoms with Gasteiger partial charge in [0.25, 0.3) is 0 Å². The molecule has 1 saturated carbocycles. The Bertz CT molecular complexity index is 997. The first-order valence-corrected chi connectivity index (χ1v) is 11.0. The zero-order chi connectivity index (χ0) is 26.1. The molecule has 0 amide bonds. The van der Waals surface area contributed by atoms with Gasteiger partial charge in [0.2, 0.25) is 0 Å². The summed E-state index contributed by atoms with van der Waals surface area (Å²) in [5.41, 5.74) is 3.10. The summed E-state index contributed by atoms with van der Waals surface area (Å²) in [4.78, 5) is 11.5. The highest BCUT2D eigenvalue weighted by Crippen LogP contribution is 2.52. The summed E-state index contributed by atoms with van der Waals surface area (Å²) in [5, 5.41) is 0. The third-order valence-corrected chi connectivity index (χ3v) is 6.51. The van der Waals surface area contributed by atoms with Crippen LogP contribution in [0.5, 0.6) is 0 Å². The van der Waals surface area contributed by atoms with Gasteiger partial charge in [-0.3, -0.25) is 4.79 Å². The minimum Gasteiger partial charge on any atom is -0.469 e. The molecule has 0 heterocycles. The number of alkyl halides is 6. The molecule has 3 rings (SSSR count). The molecule has 0 radical (unpaired) electrons. The molecule has 35 heavy (non-hydrogen) atoms. The second-order valence-corrected chi connectivity index (χ2v) is 9.23. The van der Waals surface area contributed by atoms with E-state index in [0.717, 1.165) is 5.56 Å². The highest BCUT2D eigenvalue weighted by atomic mass is 19.4. The van der Waals surface area contributed by atoms with E-state index in [4.69, 9.17) is 10.5 Å². The van der Waals surface area contributed by atoms with E-state index in [9.17, 15) is 31.1 Å². The largest absolute Gasteiger partial charge is 0.469 e. The second kappa shape index (κ2) is 9.81. The van der Waals surface area contributed by atoms with Crippen molar-refractivity contribution in [1.82, 2.24) is 0 Å². The van der Waals surface area contributed by atoms with E-state index in [1.165, 1.54) is 14.0 Å². The Balaban J connectivity index is 1.82. The molecule has 1 atom stereocenters. The maximum absolute atomic E-state index is 13.2. The van der Waals surface area contributed by atoms with Crippen LogP contribution in [0.2, 0.25) is 0 Å². The number of halogens is 6. The summed E-state index contributed by atoms with van der Waals surface area (Å²) in [6.45, 7) is 1.45. The molecule has 1 aliphatic carbocycles. The van der Waals surface area contributed by atoms with Crippen molar-refractivity contribution in [2.24, 2.45) is 5.73 Å². The van der Waals surface area contributed by atoms with Crippen molar-refractivity contribution in [3.63, 3.8) is 0 Å². The quantitative estimate of drug-likeness (QED) is 0.345. The number of hydrogen-bond donors (Lipinski definition) is 1. The van der Waals surface area contributed by atoms with Crippen LogP contribution < -0.4 is 5.73 Å². The highest BCUT2D eigenvalue weighted by Gasteiger charge is 2.53. The van der Waals surface area contributed by atoms with Crippen molar-refractivity contribution < 1.29 is 40.6 Å². The summed E-state index contributed by atoms with van der Waals surface area (Å²) in [5.74, 6) is -0.387. The number of carbonyl (C=O) groups is 1. The SMILES string of the molecule is COC(=O)CCC1(N)CC(CO[C@H](C)c2cc(C(F)(F)F)cc(C(F)(F)F)c2)(c2ccccc2)C1. The zero-order valence-electron chi connectivity index (χ0n) is 19.3. The monoisotopic (exact) mass is 503 g/mol. The summed E-state index contributed by atoms with van der Waals surface area (Å²) >= 11 is 0. The smallest absolute Gasteiger partial charge is 0.416 e. The lowest BCUT2D eigenvalue weighted by molar-refractivity contribution is -0.143. The maximum Gasteiger partial charge on any atom is 0.416 e. The standard InChI is InChI=1S/C25H27F6NO3/c1-16(17-10-19(24(26,27)28)12-20(11-17)25(29,30)31)35-15-22(18-6-4-3-5-7-18)13-23(32,14-22)9-8-21(33)34-2/h3-7,10-12,16H,8-9,13-15,32H2,1-2H3/t16-,22?,23?/m1/s1. The zero-order valence-corrected chi connectivity index (χ0v) is 19.3. The molecule has 0 saturated heterocycles. The third kappa shape index (κ3) is 6.35. The first-order valence-electron chi connectivity index (χ1n) is 11.0. The number of carbonyl (C=O) groups excluding carboxylic acids is 1. The normalized spacial score (nSPS) is 23.5. The van der Waals surface area contributed by atoms with Crippen LogP contribution >= 0.6 is 0 Å². The number of hydrogen-bond acceptors (Lipinski definition) is 4. The van der Waals surface area contributed by atoms with Crippen LogP contribution in [0, 0.1) is 0 Å². The lowest BCUT2D eigenvalue weighted by atomic mass is 9.54. The van der Waals surface area contributed by atoms with E-state index in [2.05, 4.69) is 4.74 Å². The molecule has 10 heteroatoms. The van der Waals surface area contributed by atoms with Crippen LogP contribution in [0.3, 0.4) is 0 Å². The summed E-state index contributed by atoms with van der Waals surface area (Å²) in [7, 11) is 1.29. The molecule has 2 N–H and O–H groups in total. The highest BCUT2D eigenvalue weighted by molar-refractivity contribution is 5.69. The molecule has 1 fully saturated rings. The van der Waals surface area contributed by atoms with Crippen molar-refractivity contribution in [1.29, 1.82) is 0 Å². The fraction of sp³-hybridized carbons (Fsp3) is 0.480. The molecule has 0 spiro atoms. The van der Waals surface area contributed by atoms with Crippen molar-refractivity contribution >= 4 is 5.97 Å². The Morgan fingerprint density at radius 3 is 2.03 bits per heavy atom. The lowest BCUT2D eigenvalue weighted by Gasteiger charge is -2.55. The van der Waals surface area contributed by atoms with Crippen LogP contribution in [0.25, 0.3) is 0 Å². The van der Waals surface area contributed by atoms with E-state index < -0.39 is 40.5 Å². The first-order chi connectivity index (χ1) is 16.2. The molecule has 2 aromatic rings. The number of rotatable bonds is 8. The minimum atomic E-state index is -4.94. The molecule has 0 aliphatic heterocycles. The van der Waals surface area contributed by atoms with Gasteiger partial charge in [-0.1, -0.05) is 30.3 Å². The van der Waals surface area contributed by atoms with Crippen molar-refractivity contribution in [2.45, 2.75) is 62.0 Å². The van der Waals surface area contributed by atoms with Gasteiger partial charge in [-0.25, -0.2) is 0 Å². The summed E-state index contributed by atoms with van der Waals surface area (Å²) in [6, 6.07) is 10.7. The lowest BCUT2D eigenvalue weighted by Crippen LogP contribution is -2.62. The van der Waals surface area contributed by atoms with Gasteiger partial charge < -0.3 is 15.2 Å². The van der Waals surface area contributed by atoms with E-state index in [0.29, 0.717) is 31.4 Å². The summed E-state index contributed by atoms with van der Waals surface area (Å²) in [6.07, 6.45) is -9.52. The fourth-order valence-electron chi connectivity index (χ4n) is 4.70. The van der Waals surface area contributed by atoms with Crippen molar-refractivity contribution in [3.8, 4) is 0 Å². The van der Waals surface area contributed by atoms with Gasteiger partial charge >= 0.3 is 18.3 Å². The number of ether oxygens (including phenoxy) is 2. The Morgan fingerprint density at radius 2 is 1.54 bits per heavy atom. The maximum atomic E-state index is 13.2. The Morgan fingerprint density at radius 1 is 1.00 bits per heavy atom. The molecule has 1 aliphatic rings. The average molecular weight is 503 g/mol. The number of benzene rings is 2. The van der Waals surface area contributed by atoms with Gasteiger partial charge in [-0.15, -0.1) is 0 Å². The van der Waals surface area contributed by atoms with Crippen LogP contribution in [-0.2, 0) is 32.0 Å². The van der Waals surface area contributed by atoms with Gasteiger partial charge in [0, 0.05) is 17.4 Å². The van der Waals surface area contributed by atoms with Crippen LogP contribution in [-0.4, -0.2) is 25.2 Å². The van der Waals surface area contributed by atoms with Gasteiger partial charge in [0.05, 0.1) is 30.9 Å².